The number of thioether (sulfide) groups is 1. The predicted molar refractivity (Wildman–Crippen MR) is 101 cm³/mol. The van der Waals surface area contributed by atoms with Crippen molar-refractivity contribution in [2.24, 2.45) is 5.10 Å². The first-order valence-electron chi connectivity index (χ1n) is 8.23. The highest BCUT2D eigenvalue weighted by atomic mass is 32.2. The smallest absolute Gasteiger partial charge is 0.241 e. The standard InChI is InChI=1S/C19H18FN3O3S/c1-12(24)21-19-22-23(13(2)25)18(27-19)14-7-5-8-16(10-14)26-11-15-6-3-4-9-17(15)20/h3-10,18H,11H2,1-2H3,(H,21,22,24). The molecule has 0 saturated heterocycles. The van der Waals surface area contributed by atoms with Crippen LogP contribution in [0.4, 0.5) is 4.39 Å². The molecular formula is C19H18FN3O3S. The average Bonchev–Trinajstić information content (AvgIpc) is 3.05. The Kier molecular flexibility index (Phi) is 5.75. The maximum atomic E-state index is 13.7. The van der Waals surface area contributed by atoms with Crippen molar-refractivity contribution in [1.29, 1.82) is 0 Å². The van der Waals surface area contributed by atoms with Crippen LogP contribution >= 0.6 is 11.8 Å². The van der Waals surface area contributed by atoms with Gasteiger partial charge in [0, 0.05) is 19.4 Å². The van der Waals surface area contributed by atoms with Crippen molar-refractivity contribution in [3.05, 3.63) is 65.5 Å². The number of hydrogen-bond donors (Lipinski definition) is 1. The normalized spacial score (nSPS) is 16.0. The van der Waals surface area contributed by atoms with Crippen molar-refractivity contribution in [2.45, 2.75) is 25.8 Å². The molecule has 0 spiro atoms. The Morgan fingerprint density at radius 2 is 2.00 bits per heavy atom. The lowest BCUT2D eigenvalue weighted by atomic mass is 10.2. The van der Waals surface area contributed by atoms with E-state index in [4.69, 9.17) is 4.74 Å². The van der Waals surface area contributed by atoms with Crippen LogP contribution < -0.4 is 10.1 Å². The monoisotopic (exact) mass is 387 g/mol. The fraction of sp³-hybridized carbons (Fsp3) is 0.211. The molecule has 3 rings (SSSR count). The number of rotatable bonds is 4. The maximum absolute atomic E-state index is 13.7. The second-order valence-corrected chi connectivity index (χ2v) is 6.94. The minimum Gasteiger partial charge on any atom is -0.489 e. The van der Waals surface area contributed by atoms with E-state index in [-0.39, 0.29) is 24.2 Å². The van der Waals surface area contributed by atoms with Gasteiger partial charge in [0.15, 0.2) is 5.17 Å². The van der Waals surface area contributed by atoms with E-state index in [0.29, 0.717) is 16.5 Å². The van der Waals surface area contributed by atoms with Crippen LogP contribution in [-0.4, -0.2) is 22.0 Å². The molecule has 27 heavy (non-hydrogen) atoms. The van der Waals surface area contributed by atoms with Crippen molar-refractivity contribution >= 4 is 28.7 Å². The number of carbonyl (C=O) groups is 2. The quantitative estimate of drug-likeness (QED) is 0.873. The van der Waals surface area contributed by atoms with Crippen LogP contribution in [0.15, 0.2) is 53.6 Å². The summed E-state index contributed by atoms with van der Waals surface area (Å²) in [5.74, 6) is -0.276. The highest BCUT2D eigenvalue weighted by Crippen LogP contribution is 2.39. The molecular weight excluding hydrogens is 369 g/mol. The van der Waals surface area contributed by atoms with Gasteiger partial charge in [0.1, 0.15) is 23.5 Å². The summed E-state index contributed by atoms with van der Waals surface area (Å²) in [6.45, 7) is 2.88. The Morgan fingerprint density at radius 1 is 1.22 bits per heavy atom. The maximum Gasteiger partial charge on any atom is 0.241 e. The molecule has 2 aromatic rings. The summed E-state index contributed by atoms with van der Waals surface area (Å²) in [4.78, 5) is 23.2. The zero-order valence-corrected chi connectivity index (χ0v) is 15.6. The Balaban J connectivity index is 1.75. The van der Waals surface area contributed by atoms with E-state index in [0.717, 1.165) is 5.56 Å². The Bertz CT molecular complexity index is 903. The molecule has 0 aromatic heterocycles. The lowest BCUT2D eigenvalue weighted by Gasteiger charge is -2.19. The third kappa shape index (κ3) is 4.65. The van der Waals surface area contributed by atoms with E-state index >= 15 is 0 Å². The number of nitrogens with one attached hydrogen (secondary N) is 1. The predicted octanol–water partition coefficient (Wildman–Crippen LogP) is 3.41. The fourth-order valence-electron chi connectivity index (χ4n) is 2.51. The second-order valence-electron chi connectivity index (χ2n) is 5.87. The molecule has 8 heteroatoms. The van der Waals surface area contributed by atoms with Crippen LogP contribution in [0, 0.1) is 5.82 Å². The lowest BCUT2D eigenvalue weighted by Crippen LogP contribution is -2.25. The average molecular weight is 387 g/mol. The van der Waals surface area contributed by atoms with E-state index in [1.165, 1.54) is 36.7 Å². The first kappa shape index (κ1) is 18.9. The lowest BCUT2D eigenvalue weighted by molar-refractivity contribution is -0.129. The first-order valence-corrected chi connectivity index (χ1v) is 9.11. The third-order valence-electron chi connectivity index (χ3n) is 3.74. The highest BCUT2D eigenvalue weighted by molar-refractivity contribution is 8.14. The molecule has 0 aliphatic carbocycles. The van der Waals surface area contributed by atoms with Crippen molar-refractivity contribution in [3.63, 3.8) is 0 Å². The van der Waals surface area contributed by atoms with Crippen molar-refractivity contribution < 1.29 is 18.7 Å². The molecule has 1 unspecified atom stereocenters. The zero-order chi connectivity index (χ0) is 19.4. The van der Waals surface area contributed by atoms with Crippen LogP contribution in [0.2, 0.25) is 0 Å². The van der Waals surface area contributed by atoms with Gasteiger partial charge < -0.3 is 10.1 Å². The van der Waals surface area contributed by atoms with Gasteiger partial charge in [-0.25, -0.2) is 9.40 Å². The summed E-state index contributed by atoms with van der Waals surface area (Å²) in [6, 6.07) is 13.6. The highest BCUT2D eigenvalue weighted by Gasteiger charge is 2.32. The van der Waals surface area contributed by atoms with Gasteiger partial charge in [-0.15, -0.1) is 5.10 Å². The largest absolute Gasteiger partial charge is 0.489 e. The number of ether oxygens (including phenoxy) is 1. The second kappa shape index (κ2) is 8.22. The number of hydrogen-bond acceptors (Lipinski definition) is 5. The molecule has 0 saturated carbocycles. The molecule has 0 bridgehead atoms. The summed E-state index contributed by atoms with van der Waals surface area (Å²) in [7, 11) is 0. The molecule has 1 N–H and O–H groups in total. The van der Waals surface area contributed by atoms with Crippen molar-refractivity contribution in [2.75, 3.05) is 0 Å². The molecule has 6 nitrogen and oxygen atoms in total. The molecule has 2 amide bonds. The van der Waals surface area contributed by atoms with Gasteiger partial charge in [-0.3, -0.25) is 9.59 Å². The van der Waals surface area contributed by atoms with Crippen molar-refractivity contribution in [3.8, 4) is 5.75 Å². The molecule has 1 aliphatic heterocycles. The van der Waals surface area contributed by atoms with Crippen molar-refractivity contribution in [1.82, 2.24) is 10.3 Å². The van der Waals surface area contributed by atoms with Gasteiger partial charge in [0.25, 0.3) is 0 Å². The minimum atomic E-state index is -0.415. The summed E-state index contributed by atoms with van der Waals surface area (Å²) < 4.78 is 19.4. The van der Waals surface area contributed by atoms with E-state index in [2.05, 4.69) is 10.4 Å². The molecule has 1 heterocycles. The molecule has 1 aliphatic rings. The van der Waals surface area contributed by atoms with Gasteiger partial charge >= 0.3 is 0 Å². The Labute approximate surface area is 160 Å². The zero-order valence-electron chi connectivity index (χ0n) is 14.8. The third-order valence-corrected chi connectivity index (χ3v) is 4.85. The van der Waals surface area contributed by atoms with E-state index in [1.807, 2.05) is 6.07 Å². The van der Waals surface area contributed by atoms with Crippen LogP contribution in [0.5, 0.6) is 5.75 Å². The van der Waals surface area contributed by atoms with Gasteiger partial charge in [0.2, 0.25) is 11.8 Å². The topological polar surface area (TPSA) is 71.0 Å². The number of amides is 2. The first-order chi connectivity index (χ1) is 12.9. The summed E-state index contributed by atoms with van der Waals surface area (Å²) in [5.41, 5.74) is 1.24. The molecule has 0 fully saturated rings. The molecule has 1 atom stereocenters. The van der Waals surface area contributed by atoms with Gasteiger partial charge in [-0.2, -0.15) is 0 Å². The number of hydrazone groups is 1. The van der Waals surface area contributed by atoms with E-state index in [9.17, 15) is 14.0 Å². The Hall–Kier alpha value is -2.87. The van der Waals surface area contributed by atoms with E-state index < -0.39 is 5.37 Å². The number of nitrogens with zero attached hydrogens (tertiary/aromatic N) is 2. The summed E-state index contributed by atoms with van der Waals surface area (Å²) in [5, 5.41) is 8.02. The van der Waals surface area contributed by atoms with Gasteiger partial charge in [-0.05, 0) is 23.8 Å². The van der Waals surface area contributed by atoms with Gasteiger partial charge in [-0.1, -0.05) is 42.1 Å². The van der Waals surface area contributed by atoms with Crippen LogP contribution in [0.25, 0.3) is 0 Å². The number of amidine groups is 1. The summed E-state index contributed by atoms with van der Waals surface area (Å²) in [6.07, 6.45) is 0. The number of carbonyl (C=O) groups excluding carboxylic acids is 2. The minimum absolute atomic E-state index is 0.0952. The molecule has 0 radical (unpaired) electrons. The Morgan fingerprint density at radius 3 is 2.70 bits per heavy atom. The molecule has 2 aromatic carbocycles. The number of benzene rings is 2. The fourth-order valence-corrected chi connectivity index (χ4v) is 3.64. The molecule has 140 valence electrons. The SMILES string of the molecule is CC(=O)NC1=NN(C(C)=O)C(c2cccc(OCc3ccccc3F)c2)S1. The van der Waals surface area contributed by atoms with Crippen LogP contribution in [-0.2, 0) is 16.2 Å². The number of halogens is 1. The van der Waals surface area contributed by atoms with Crippen LogP contribution in [0.3, 0.4) is 0 Å². The van der Waals surface area contributed by atoms with Crippen LogP contribution in [0.1, 0.15) is 30.3 Å². The van der Waals surface area contributed by atoms with Gasteiger partial charge in [0.05, 0.1) is 0 Å². The van der Waals surface area contributed by atoms with E-state index in [1.54, 1.807) is 36.4 Å². The summed E-state index contributed by atoms with van der Waals surface area (Å²) >= 11 is 1.26.